The van der Waals surface area contributed by atoms with Crippen LogP contribution in [0.5, 0.6) is 0 Å². The first-order valence-electron chi connectivity index (χ1n) is 4.03. The van der Waals surface area contributed by atoms with Gasteiger partial charge in [-0.1, -0.05) is 0 Å². The predicted octanol–water partition coefficient (Wildman–Crippen LogP) is 1.52. The maximum absolute atomic E-state index is 4.15. The van der Waals surface area contributed by atoms with E-state index in [-0.39, 0.29) is 0 Å². The molecule has 0 atom stereocenters. The van der Waals surface area contributed by atoms with Crippen molar-refractivity contribution in [2.24, 2.45) is 4.99 Å². The first-order chi connectivity index (χ1) is 4.84. The zero-order valence-corrected chi connectivity index (χ0v) is 6.93. The Morgan fingerprint density at radius 3 is 2.30 bits per heavy atom. The summed E-state index contributed by atoms with van der Waals surface area (Å²) >= 11 is 0. The third-order valence-corrected chi connectivity index (χ3v) is 2.14. The van der Waals surface area contributed by atoms with Gasteiger partial charge in [-0.05, 0) is 26.2 Å². The SMILES string of the molecule is C/N=C(/C)N1CCCCC1. The van der Waals surface area contributed by atoms with Gasteiger partial charge in [-0.3, -0.25) is 4.99 Å². The smallest absolute Gasteiger partial charge is 0.0954 e. The molecule has 0 unspecified atom stereocenters. The van der Waals surface area contributed by atoms with Gasteiger partial charge in [-0.2, -0.15) is 0 Å². The first kappa shape index (κ1) is 7.58. The minimum Gasteiger partial charge on any atom is -0.361 e. The van der Waals surface area contributed by atoms with Gasteiger partial charge in [0.05, 0.1) is 5.84 Å². The highest BCUT2D eigenvalue weighted by Crippen LogP contribution is 2.08. The topological polar surface area (TPSA) is 15.6 Å². The second-order valence-corrected chi connectivity index (χ2v) is 2.82. The molecule has 10 heavy (non-hydrogen) atoms. The van der Waals surface area contributed by atoms with Crippen LogP contribution in [0.3, 0.4) is 0 Å². The molecule has 0 aliphatic carbocycles. The summed E-state index contributed by atoms with van der Waals surface area (Å²) in [4.78, 5) is 6.52. The Morgan fingerprint density at radius 1 is 1.20 bits per heavy atom. The Labute approximate surface area is 62.9 Å². The first-order valence-corrected chi connectivity index (χ1v) is 4.03. The second kappa shape index (κ2) is 3.59. The molecule has 2 nitrogen and oxygen atoms in total. The maximum Gasteiger partial charge on any atom is 0.0954 e. The quantitative estimate of drug-likeness (QED) is 0.368. The molecule has 0 N–H and O–H groups in total. The molecule has 1 rings (SSSR count). The molecular formula is C8H16N2. The molecular weight excluding hydrogens is 124 g/mol. The normalized spacial score (nSPS) is 21.4. The zero-order valence-electron chi connectivity index (χ0n) is 6.93. The monoisotopic (exact) mass is 140 g/mol. The van der Waals surface area contributed by atoms with Crippen molar-refractivity contribution in [2.45, 2.75) is 26.2 Å². The molecule has 0 amide bonds. The number of aliphatic imine (C=N–C) groups is 1. The molecule has 1 saturated heterocycles. The van der Waals surface area contributed by atoms with Crippen molar-refractivity contribution in [2.75, 3.05) is 20.1 Å². The molecule has 1 heterocycles. The number of hydrogen-bond acceptors (Lipinski definition) is 1. The Morgan fingerprint density at radius 2 is 1.80 bits per heavy atom. The summed E-state index contributed by atoms with van der Waals surface area (Å²) in [6.07, 6.45) is 4.08. The molecule has 0 radical (unpaired) electrons. The van der Waals surface area contributed by atoms with Gasteiger partial charge in [0.25, 0.3) is 0 Å². The summed E-state index contributed by atoms with van der Waals surface area (Å²) in [7, 11) is 1.87. The van der Waals surface area contributed by atoms with Crippen LogP contribution < -0.4 is 0 Å². The van der Waals surface area contributed by atoms with E-state index in [1.165, 1.54) is 38.2 Å². The van der Waals surface area contributed by atoms with E-state index in [4.69, 9.17) is 0 Å². The van der Waals surface area contributed by atoms with Crippen LogP contribution in [0.4, 0.5) is 0 Å². The van der Waals surface area contributed by atoms with Crippen LogP contribution in [0.25, 0.3) is 0 Å². The van der Waals surface area contributed by atoms with Gasteiger partial charge in [0.1, 0.15) is 0 Å². The van der Waals surface area contributed by atoms with E-state index in [0.29, 0.717) is 0 Å². The lowest BCUT2D eigenvalue weighted by Gasteiger charge is -2.27. The van der Waals surface area contributed by atoms with Crippen LogP contribution in [0, 0.1) is 0 Å². The number of rotatable bonds is 0. The average molecular weight is 140 g/mol. The van der Waals surface area contributed by atoms with Gasteiger partial charge in [0, 0.05) is 20.1 Å². The van der Waals surface area contributed by atoms with Crippen molar-refractivity contribution in [3.63, 3.8) is 0 Å². The van der Waals surface area contributed by atoms with E-state index in [9.17, 15) is 0 Å². The zero-order chi connectivity index (χ0) is 7.40. The van der Waals surface area contributed by atoms with E-state index in [0.717, 1.165) is 0 Å². The Bertz CT molecular complexity index is 123. The highest BCUT2D eigenvalue weighted by atomic mass is 15.2. The molecule has 1 aliphatic rings. The molecule has 58 valence electrons. The number of piperidine rings is 1. The summed E-state index contributed by atoms with van der Waals surface area (Å²) in [5.41, 5.74) is 0. The van der Waals surface area contributed by atoms with Crippen molar-refractivity contribution in [3.8, 4) is 0 Å². The number of hydrogen-bond donors (Lipinski definition) is 0. The molecule has 0 saturated carbocycles. The van der Waals surface area contributed by atoms with Gasteiger partial charge in [0.2, 0.25) is 0 Å². The lowest BCUT2D eigenvalue weighted by Crippen LogP contribution is -2.33. The molecule has 0 aromatic rings. The van der Waals surface area contributed by atoms with Crippen LogP contribution in [0.15, 0.2) is 4.99 Å². The van der Waals surface area contributed by atoms with Crippen molar-refractivity contribution < 1.29 is 0 Å². The maximum atomic E-state index is 4.15. The van der Waals surface area contributed by atoms with Gasteiger partial charge >= 0.3 is 0 Å². The minimum absolute atomic E-state index is 1.19. The molecule has 2 heteroatoms. The van der Waals surface area contributed by atoms with E-state index in [2.05, 4.69) is 16.8 Å². The fourth-order valence-electron chi connectivity index (χ4n) is 1.36. The molecule has 0 aromatic heterocycles. The summed E-state index contributed by atoms with van der Waals surface area (Å²) in [6, 6.07) is 0. The number of amidine groups is 1. The summed E-state index contributed by atoms with van der Waals surface area (Å²) in [5.74, 6) is 1.19. The van der Waals surface area contributed by atoms with Gasteiger partial charge in [0.15, 0.2) is 0 Å². The lowest BCUT2D eigenvalue weighted by molar-refractivity contribution is 0.340. The third-order valence-electron chi connectivity index (χ3n) is 2.14. The standard InChI is InChI=1S/C8H16N2/c1-8(9-2)10-6-4-3-5-7-10/h3-7H2,1-2H3/b9-8-. The van der Waals surface area contributed by atoms with Crippen LogP contribution >= 0.6 is 0 Å². The Hall–Kier alpha value is -0.530. The van der Waals surface area contributed by atoms with Crippen LogP contribution in [-0.4, -0.2) is 30.9 Å². The molecule has 0 aromatic carbocycles. The summed E-state index contributed by atoms with van der Waals surface area (Å²) in [6.45, 7) is 4.51. The largest absolute Gasteiger partial charge is 0.361 e. The van der Waals surface area contributed by atoms with Gasteiger partial charge in [-0.15, -0.1) is 0 Å². The summed E-state index contributed by atoms with van der Waals surface area (Å²) < 4.78 is 0. The van der Waals surface area contributed by atoms with Crippen molar-refractivity contribution in [3.05, 3.63) is 0 Å². The third kappa shape index (κ3) is 1.72. The van der Waals surface area contributed by atoms with E-state index in [1.54, 1.807) is 0 Å². The molecule has 1 fully saturated rings. The number of likely N-dealkylation sites (tertiary alicyclic amines) is 1. The van der Waals surface area contributed by atoms with Crippen molar-refractivity contribution in [1.29, 1.82) is 0 Å². The molecule has 0 spiro atoms. The minimum atomic E-state index is 1.19. The Balaban J connectivity index is 2.39. The average Bonchev–Trinajstić information content (AvgIpc) is 2.05. The second-order valence-electron chi connectivity index (χ2n) is 2.82. The highest BCUT2D eigenvalue weighted by Gasteiger charge is 2.09. The molecule has 1 aliphatic heterocycles. The van der Waals surface area contributed by atoms with Crippen LogP contribution in [0.1, 0.15) is 26.2 Å². The molecule has 0 bridgehead atoms. The highest BCUT2D eigenvalue weighted by molar-refractivity contribution is 5.79. The Kier molecular flexibility index (Phi) is 2.72. The fourth-order valence-corrected chi connectivity index (χ4v) is 1.36. The van der Waals surface area contributed by atoms with E-state index < -0.39 is 0 Å². The van der Waals surface area contributed by atoms with Crippen molar-refractivity contribution >= 4 is 5.84 Å². The fraction of sp³-hybridized carbons (Fsp3) is 0.875. The predicted molar refractivity (Wildman–Crippen MR) is 44.5 cm³/mol. The van der Waals surface area contributed by atoms with Crippen LogP contribution in [0.2, 0.25) is 0 Å². The van der Waals surface area contributed by atoms with Gasteiger partial charge < -0.3 is 4.90 Å². The summed E-state index contributed by atoms with van der Waals surface area (Å²) in [5, 5.41) is 0. The van der Waals surface area contributed by atoms with Gasteiger partial charge in [-0.25, -0.2) is 0 Å². The van der Waals surface area contributed by atoms with Crippen LogP contribution in [-0.2, 0) is 0 Å². The van der Waals surface area contributed by atoms with E-state index >= 15 is 0 Å². The lowest BCUT2D eigenvalue weighted by atomic mass is 10.1. The number of nitrogens with zero attached hydrogens (tertiary/aromatic N) is 2. The van der Waals surface area contributed by atoms with Crippen molar-refractivity contribution in [1.82, 2.24) is 4.90 Å². The van der Waals surface area contributed by atoms with E-state index in [1.807, 2.05) is 7.05 Å².